The van der Waals surface area contributed by atoms with Gasteiger partial charge in [-0.1, -0.05) is 104 Å². The largest absolute Gasteiger partial charge is 0.456 e. The molecule has 0 saturated carbocycles. The van der Waals surface area contributed by atoms with E-state index in [1.165, 1.54) is 96.3 Å². The van der Waals surface area contributed by atoms with Crippen LogP contribution in [-0.2, 0) is 9.31 Å². The van der Waals surface area contributed by atoms with Gasteiger partial charge in [0.1, 0.15) is 0 Å². The van der Waals surface area contributed by atoms with Crippen LogP contribution in [0.4, 0.5) is 0 Å². The lowest BCUT2D eigenvalue weighted by atomic mass is 9.81. The standard InChI is InChI=1S/C25H51BO2/c1-4-7-10-11-12-13-14-15-16-17-18-19-20-21-22-23-26(27-24-8-5-2)28-25-9-6-3/h15-16H,4-14,17-25H2,1-3H3/b16-15-. The molecule has 0 aromatic rings. The number of hydrogen-bond acceptors (Lipinski definition) is 2. The van der Waals surface area contributed by atoms with Crippen molar-refractivity contribution in [3.63, 3.8) is 0 Å². The Morgan fingerprint density at radius 3 is 1.43 bits per heavy atom. The first kappa shape index (κ1) is 27.7. The Morgan fingerprint density at radius 2 is 0.929 bits per heavy atom. The van der Waals surface area contributed by atoms with E-state index in [-0.39, 0.29) is 7.12 Å². The molecule has 0 bridgehead atoms. The third-order valence-electron chi connectivity index (χ3n) is 5.30. The van der Waals surface area contributed by atoms with E-state index in [0.717, 1.165) is 32.4 Å². The Kier molecular flexibility index (Phi) is 24.5. The summed E-state index contributed by atoms with van der Waals surface area (Å²) in [6.07, 6.45) is 28.1. The molecule has 166 valence electrons. The lowest BCUT2D eigenvalue weighted by molar-refractivity contribution is 0.190. The quantitative estimate of drug-likeness (QED) is 0.0979. The van der Waals surface area contributed by atoms with E-state index < -0.39 is 0 Å². The zero-order chi connectivity index (χ0) is 20.5. The lowest BCUT2D eigenvalue weighted by Crippen LogP contribution is -2.24. The molecular formula is C25H51BO2. The van der Waals surface area contributed by atoms with Crippen molar-refractivity contribution in [3.05, 3.63) is 12.2 Å². The van der Waals surface area contributed by atoms with Crippen LogP contribution in [0.2, 0.25) is 6.32 Å². The van der Waals surface area contributed by atoms with Crippen molar-refractivity contribution in [3.8, 4) is 0 Å². The molecule has 0 aliphatic heterocycles. The molecule has 0 rings (SSSR count). The first-order valence-electron chi connectivity index (χ1n) is 12.7. The first-order valence-corrected chi connectivity index (χ1v) is 12.7. The first-order chi connectivity index (χ1) is 13.8. The van der Waals surface area contributed by atoms with Crippen molar-refractivity contribution in [1.82, 2.24) is 0 Å². The zero-order valence-electron chi connectivity index (χ0n) is 19.7. The van der Waals surface area contributed by atoms with Crippen LogP contribution >= 0.6 is 0 Å². The molecule has 0 fully saturated rings. The van der Waals surface area contributed by atoms with Gasteiger partial charge in [-0.05, 0) is 44.8 Å². The highest BCUT2D eigenvalue weighted by atomic mass is 16.6. The van der Waals surface area contributed by atoms with Crippen LogP contribution in [-0.4, -0.2) is 20.3 Å². The van der Waals surface area contributed by atoms with Crippen LogP contribution in [0.15, 0.2) is 12.2 Å². The average molecular weight is 394 g/mol. The number of rotatable bonds is 23. The lowest BCUT2D eigenvalue weighted by Gasteiger charge is -2.14. The predicted molar refractivity (Wildman–Crippen MR) is 127 cm³/mol. The van der Waals surface area contributed by atoms with E-state index in [4.69, 9.17) is 9.31 Å². The molecule has 0 radical (unpaired) electrons. The minimum atomic E-state index is 0.0306. The summed E-state index contributed by atoms with van der Waals surface area (Å²) in [6.45, 7) is 8.39. The predicted octanol–water partition coefficient (Wildman–Crippen LogP) is 8.76. The Labute approximate surface area is 178 Å². The van der Waals surface area contributed by atoms with E-state index in [9.17, 15) is 0 Å². The van der Waals surface area contributed by atoms with Gasteiger partial charge in [0.2, 0.25) is 0 Å². The summed E-state index contributed by atoms with van der Waals surface area (Å²) in [7, 11) is 0.0306. The number of unbranched alkanes of at least 4 members (excludes halogenated alkanes) is 13. The minimum absolute atomic E-state index is 0.0306. The Bertz CT molecular complexity index is 297. The number of hydrogen-bond donors (Lipinski definition) is 0. The maximum atomic E-state index is 5.92. The van der Waals surface area contributed by atoms with E-state index in [1.807, 2.05) is 0 Å². The van der Waals surface area contributed by atoms with E-state index in [0.29, 0.717) is 0 Å². The molecule has 3 heteroatoms. The van der Waals surface area contributed by atoms with E-state index in [1.54, 1.807) is 0 Å². The second-order valence-corrected chi connectivity index (χ2v) is 8.25. The van der Waals surface area contributed by atoms with Crippen LogP contribution < -0.4 is 0 Å². The van der Waals surface area contributed by atoms with Crippen molar-refractivity contribution in [2.75, 3.05) is 13.2 Å². The fourth-order valence-electron chi connectivity index (χ4n) is 3.31. The van der Waals surface area contributed by atoms with Crippen molar-refractivity contribution < 1.29 is 9.31 Å². The van der Waals surface area contributed by atoms with Gasteiger partial charge in [0.15, 0.2) is 0 Å². The maximum Gasteiger partial charge on any atom is 0.456 e. The summed E-state index contributed by atoms with van der Waals surface area (Å²) in [4.78, 5) is 0. The molecular weight excluding hydrogens is 343 g/mol. The fraction of sp³-hybridized carbons (Fsp3) is 0.920. The highest BCUT2D eigenvalue weighted by Gasteiger charge is 2.16. The van der Waals surface area contributed by atoms with Crippen molar-refractivity contribution >= 4 is 7.12 Å². The normalized spacial score (nSPS) is 11.5. The van der Waals surface area contributed by atoms with Gasteiger partial charge in [-0.15, -0.1) is 0 Å². The van der Waals surface area contributed by atoms with Crippen molar-refractivity contribution in [1.29, 1.82) is 0 Å². The molecule has 0 aliphatic rings. The maximum absolute atomic E-state index is 5.92. The Balaban J connectivity index is 3.47. The van der Waals surface area contributed by atoms with Crippen LogP contribution in [0.3, 0.4) is 0 Å². The summed E-state index contributed by atoms with van der Waals surface area (Å²) in [5.41, 5.74) is 0. The summed E-state index contributed by atoms with van der Waals surface area (Å²) >= 11 is 0. The van der Waals surface area contributed by atoms with Gasteiger partial charge in [0.25, 0.3) is 0 Å². The van der Waals surface area contributed by atoms with Crippen LogP contribution in [0.1, 0.15) is 130 Å². The van der Waals surface area contributed by atoms with Gasteiger partial charge >= 0.3 is 7.12 Å². The highest BCUT2D eigenvalue weighted by molar-refractivity contribution is 6.44. The molecule has 0 aromatic heterocycles. The summed E-state index contributed by atoms with van der Waals surface area (Å²) in [5.74, 6) is 0. The summed E-state index contributed by atoms with van der Waals surface area (Å²) < 4.78 is 11.8. The van der Waals surface area contributed by atoms with Crippen molar-refractivity contribution in [2.24, 2.45) is 0 Å². The molecule has 2 nitrogen and oxygen atoms in total. The smallest absolute Gasteiger partial charge is 0.411 e. The molecule has 0 saturated heterocycles. The average Bonchev–Trinajstić information content (AvgIpc) is 2.70. The van der Waals surface area contributed by atoms with Gasteiger partial charge in [0, 0.05) is 13.2 Å². The van der Waals surface area contributed by atoms with Gasteiger partial charge < -0.3 is 9.31 Å². The van der Waals surface area contributed by atoms with E-state index >= 15 is 0 Å². The second kappa shape index (κ2) is 24.8. The van der Waals surface area contributed by atoms with Gasteiger partial charge in [-0.2, -0.15) is 0 Å². The zero-order valence-corrected chi connectivity index (χ0v) is 19.7. The third kappa shape index (κ3) is 22.0. The summed E-state index contributed by atoms with van der Waals surface area (Å²) in [5, 5.41) is 0. The van der Waals surface area contributed by atoms with Crippen LogP contribution in [0, 0.1) is 0 Å². The second-order valence-electron chi connectivity index (χ2n) is 8.25. The molecule has 0 N–H and O–H groups in total. The topological polar surface area (TPSA) is 18.5 Å². The Morgan fingerprint density at radius 1 is 0.500 bits per heavy atom. The Hall–Kier alpha value is -0.275. The number of allylic oxidation sites excluding steroid dienone is 2. The molecule has 0 heterocycles. The molecule has 0 atom stereocenters. The molecule has 0 spiro atoms. The van der Waals surface area contributed by atoms with Crippen LogP contribution in [0.25, 0.3) is 0 Å². The molecule has 0 aliphatic carbocycles. The molecule has 0 aromatic carbocycles. The van der Waals surface area contributed by atoms with E-state index in [2.05, 4.69) is 32.9 Å². The molecule has 28 heavy (non-hydrogen) atoms. The molecule has 0 unspecified atom stereocenters. The summed E-state index contributed by atoms with van der Waals surface area (Å²) in [6, 6.07) is 0. The minimum Gasteiger partial charge on any atom is -0.411 e. The van der Waals surface area contributed by atoms with Gasteiger partial charge in [-0.25, -0.2) is 0 Å². The molecule has 0 amide bonds. The van der Waals surface area contributed by atoms with Crippen molar-refractivity contribution in [2.45, 2.75) is 136 Å². The van der Waals surface area contributed by atoms with Crippen LogP contribution in [0.5, 0.6) is 0 Å². The van der Waals surface area contributed by atoms with Gasteiger partial charge in [0.05, 0.1) is 0 Å². The fourth-order valence-corrected chi connectivity index (χ4v) is 3.31. The monoisotopic (exact) mass is 394 g/mol. The highest BCUT2D eigenvalue weighted by Crippen LogP contribution is 2.12. The third-order valence-corrected chi connectivity index (χ3v) is 5.30. The van der Waals surface area contributed by atoms with Gasteiger partial charge in [-0.3, -0.25) is 0 Å². The SMILES string of the molecule is CCCCCCCC/C=C\CCCCCCCB(OCCCC)OCCCC.